The summed E-state index contributed by atoms with van der Waals surface area (Å²) < 4.78 is 11.4. The third kappa shape index (κ3) is 6.16. The Morgan fingerprint density at radius 2 is 1.73 bits per heavy atom. The Morgan fingerprint density at radius 1 is 1.12 bits per heavy atom. The molecule has 0 heterocycles. The summed E-state index contributed by atoms with van der Waals surface area (Å²) in [4.78, 5) is 11.6. The SMILES string of the molecule is C=CC[C@@](C)(CCC(=O)OC)O[C@H](Cc1ccccc1)c1ccccc1. The minimum Gasteiger partial charge on any atom is -0.469 e. The molecule has 0 aliphatic rings. The van der Waals surface area contributed by atoms with Crippen molar-refractivity contribution in [3.63, 3.8) is 0 Å². The smallest absolute Gasteiger partial charge is 0.305 e. The van der Waals surface area contributed by atoms with Crippen LogP contribution in [0.3, 0.4) is 0 Å². The molecule has 3 nitrogen and oxygen atoms in total. The minimum atomic E-state index is -0.481. The quantitative estimate of drug-likeness (QED) is 0.431. The first kappa shape index (κ1) is 19.9. The van der Waals surface area contributed by atoms with Gasteiger partial charge in [-0.3, -0.25) is 4.79 Å². The fourth-order valence-corrected chi connectivity index (χ4v) is 3.05. The number of benzene rings is 2. The summed E-state index contributed by atoms with van der Waals surface area (Å²) in [5.41, 5.74) is 1.87. The summed E-state index contributed by atoms with van der Waals surface area (Å²) in [6.07, 6.45) is 4.11. The van der Waals surface area contributed by atoms with E-state index < -0.39 is 5.60 Å². The van der Waals surface area contributed by atoms with Crippen molar-refractivity contribution in [3.05, 3.63) is 84.4 Å². The van der Waals surface area contributed by atoms with E-state index >= 15 is 0 Å². The Bertz CT molecular complexity index is 681. The Kier molecular flexibility index (Phi) is 7.61. The van der Waals surface area contributed by atoms with Crippen LogP contribution in [0.5, 0.6) is 0 Å². The van der Waals surface area contributed by atoms with Crippen LogP contribution in [0.25, 0.3) is 0 Å². The normalized spacial score (nSPS) is 14.2. The van der Waals surface area contributed by atoms with Gasteiger partial charge in [0.2, 0.25) is 0 Å². The van der Waals surface area contributed by atoms with Crippen molar-refractivity contribution in [2.45, 2.75) is 44.3 Å². The summed E-state index contributed by atoms with van der Waals surface area (Å²) in [5, 5.41) is 0. The molecule has 26 heavy (non-hydrogen) atoms. The molecule has 0 fully saturated rings. The third-order valence-electron chi connectivity index (χ3n) is 4.52. The number of carbonyl (C=O) groups is 1. The zero-order valence-corrected chi connectivity index (χ0v) is 15.7. The van der Waals surface area contributed by atoms with E-state index in [4.69, 9.17) is 9.47 Å². The van der Waals surface area contributed by atoms with Crippen LogP contribution in [0, 0.1) is 0 Å². The first-order valence-electron chi connectivity index (χ1n) is 9.01. The highest BCUT2D eigenvalue weighted by molar-refractivity contribution is 5.69. The predicted octanol–water partition coefficient (Wildman–Crippen LogP) is 5.28. The number of hydrogen-bond acceptors (Lipinski definition) is 3. The molecule has 0 saturated carbocycles. The van der Waals surface area contributed by atoms with E-state index in [-0.39, 0.29) is 12.1 Å². The Balaban J connectivity index is 2.21. The summed E-state index contributed by atoms with van der Waals surface area (Å²) in [7, 11) is 1.41. The summed E-state index contributed by atoms with van der Waals surface area (Å²) in [5.74, 6) is -0.219. The Hall–Kier alpha value is -2.39. The maximum Gasteiger partial charge on any atom is 0.305 e. The van der Waals surface area contributed by atoms with Crippen LogP contribution in [-0.4, -0.2) is 18.7 Å². The van der Waals surface area contributed by atoms with Gasteiger partial charge in [0, 0.05) is 12.8 Å². The van der Waals surface area contributed by atoms with Crippen molar-refractivity contribution in [2.24, 2.45) is 0 Å². The summed E-state index contributed by atoms with van der Waals surface area (Å²) in [6.45, 7) is 5.90. The van der Waals surface area contributed by atoms with E-state index in [0.717, 1.165) is 12.0 Å². The van der Waals surface area contributed by atoms with Gasteiger partial charge in [-0.05, 0) is 30.9 Å². The molecule has 2 aromatic carbocycles. The van der Waals surface area contributed by atoms with Gasteiger partial charge in [-0.25, -0.2) is 0 Å². The van der Waals surface area contributed by atoms with E-state index in [1.165, 1.54) is 12.7 Å². The standard InChI is InChI=1S/C23H28O3/c1-4-16-23(2,17-15-22(24)25-3)26-21(20-13-9-6-10-14-20)18-19-11-7-5-8-12-19/h4-14,21H,1,15-18H2,2-3H3/t21-,23+/m1/s1. The van der Waals surface area contributed by atoms with E-state index in [2.05, 4.69) is 30.8 Å². The molecule has 0 aliphatic heterocycles. The number of rotatable bonds is 10. The van der Waals surface area contributed by atoms with Gasteiger partial charge in [-0.1, -0.05) is 66.7 Å². The molecule has 2 rings (SSSR count). The van der Waals surface area contributed by atoms with Gasteiger partial charge in [0.05, 0.1) is 18.8 Å². The molecule has 138 valence electrons. The zero-order valence-electron chi connectivity index (χ0n) is 15.7. The molecule has 2 atom stereocenters. The lowest BCUT2D eigenvalue weighted by molar-refractivity contribution is -0.144. The minimum absolute atomic E-state index is 0.0961. The topological polar surface area (TPSA) is 35.5 Å². The monoisotopic (exact) mass is 352 g/mol. The van der Waals surface area contributed by atoms with Gasteiger partial charge in [0.1, 0.15) is 0 Å². The van der Waals surface area contributed by atoms with Crippen molar-refractivity contribution in [1.29, 1.82) is 0 Å². The highest BCUT2D eigenvalue weighted by Crippen LogP contribution is 2.33. The third-order valence-corrected chi connectivity index (χ3v) is 4.52. The largest absolute Gasteiger partial charge is 0.469 e. The highest BCUT2D eigenvalue weighted by Gasteiger charge is 2.29. The molecule has 0 aromatic heterocycles. The van der Waals surface area contributed by atoms with E-state index in [1.54, 1.807) is 0 Å². The van der Waals surface area contributed by atoms with Crippen molar-refractivity contribution >= 4 is 5.97 Å². The molecule has 0 amide bonds. The zero-order chi connectivity index (χ0) is 18.8. The number of carbonyl (C=O) groups excluding carboxylic acids is 1. The Labute approximate surface area is 156 Å². The molecule has 0 unspecified atom stereocenters. The van der Waals surface area contributed by atoms with Gasteiger partial charge < -0.3 is 9.47 Å². The van der Waals surface area contributed by atoms with Crippen molar-refractivity contribution in [3.8, 4) is 0 Å². The van der Waals surface area contributed by atoms with E-state index in [9.17, 15) is 4.79 Å². The maximum absolute atomic E-state index is 11.6. The number of esters is 1. The molecule has 0 radical (unpaired) electrons. The van der Waals surface area contributed by atoms with E-state index in [1.807, 2.05) is 49.4 Å². The highest BCUT2D eigenvalue weighted by atomic mass is 16.5. The van der Waals surface area contributed by atoms with Gasteiger partial charge >= 0.3 is 5.97 Å². The van der Waals surface area contributed by atoms with Crippen molar-refractivity contribution < 1.29 is 14.3 Å². The summed E-state index contributed by atoms with van der Waals surface area (Å²) in [6, 6.07) is 20.5. The van der Waals surface area contributed by atoms with Crippen LogP contribution < -0.4 is 0 Å². The fourth-order valence-electron chi connectivity index (χ4n) is 3.05. The number of hydrogen-bond donors (Lipinski definition) is 0. The lowest BCUT2D eigenvalue weighted by Crippen LogP contribution is -2.32. The molecule has 2 aromatic rings. The second-order valence-corrected chi connectivity index (χ2v) is 6.73. The van der Waals surface area contributed by atoms with Crippen LogP contribution in [0.2, 0.25) is 0 Å². The fraction of sp³-hybridized carbons (Fsp3) is 0.348. The number of methoxy groups -OCH3 is 1. The summed E-state index contributed by atoms with van der Waals surface area (Å²) >= 11 is 0. The van der Waals surface area contributed by atoms with Crippen LogP contribution in [0.4, 0.5) is 0 Å². The maximum atomic E-state index is 11.6. The van der Waals surface area contributed by atoms with Gasteiger partial charge in [0.15, 0.2) is 0 Å². The molecule has 0 spiro atoms. The molecular formula is C23H28O3. The molecule has 0 saturated heterocycles. The van der Waals surface area contributed by atoms with Crippen LogP contribution >= 0.6 is 0 Å². The number of ether oxygens (including phenoxy) is 2. The predicted molar refractivity (Wildman–Crippen MR) is 105 cm³/mol. The van der Waals surface area contributed by atoms with Crippen LogP contribution in [0.15, 0.2) is 73.3 Å². The van der Waals surface area contributed by atoms with Crippen LogP contribution in [0.1, 0.15) is 43.4 Å². The Morgan fingerprint density at radius 3 is 2.31 bits per heavy atom. The van der Waals surface area contributed by atoms with Gasteiger partial charge in [-0.15, -0.1) is 6.58 Å². The lowest BCUT2D eigenvalue weighted by atomic mass is 9.93. The molecule has 0 N–H and O–H groups in total. The lowest BCUT2D eigenvalue weighted by Gasteiger charge is -2.34. The first-order valence-corrected chi connectivity index (χ1v) is 9.01. The second-order valence-electron chi connectivity index (χ2n) is 6.73. The van der Waals surface area contributed by atoms with Crippen molar-refractivity contribution in [2.75, 3.05) is 7.11 Å². The molecule has 0 bridgehead atoms. The first-order chi connectivity index (χ1) is 12.6. The average molecular weight is 352 g/mol. The second kappa shape index (κ2) is 9.93. The molecule has 0 aliphatic carbocycles. The van der Waals surface area contributed by atoms with Gasteiger partial charge in [0.25, 0.3) is 0 Å². The average Bonchev–Trinajstić information content (AvgIpc) is 2.67. The molecular weight excluding hydrogens is 324 g/mol. The van der Waals surface area contributed by atoms with E-state index in [0.29, 0.717) is 19.3 Å². The molecule has 3 heteroatoms. The van der Waals surface area contributed by atoms with Crippen molar-refractivity contribution in [1.82, 2.24) is 0 Å². The van der Waals surface area contributed by atoms with Gasteiger partial charge in [-0.2, -0.15) is 0 Å². The van der Waals surface area contributed by atoms with Crippen LogP contribution in [-0.2, 0) is 20.7 Å².